The number of anilines is 4. The van der Waals surface area contributed by atoms with Crippen LogP contribution in [-0.4, -0.2) is 128 Å². The van der Waals surface area contributed by atoms with Crippen LogP contribution in [0.5, 0.6) is 0 Å². The first-order valence-electron chi connectivity index (χ1n) is 14.6. The van der Waals surface area contributed by atoms with Crippen LogP contribution in [0, 0.1) is 0 Å². The standard InChI is InChI=1S/C29H41N9OS/c1-34-9-13-38(14-10-34)28-22-25(37-15-11-35(12-16-37)7-2-8-36-17-19-39-20-18-36)21-27(32-28)33-29-31-23-26(40-29)24-3-5-30-6-4-24/h3-6,21-23H,2,7-20H2,1H3,(H,31,32,33). The van der Waals surface area contributed by atoms with Gasteiger partial charge in [0.1, 0.15) is 11.6 Å². The maximum atomic E-state index is 5.49. The van der Waals surface area contributed by atoms with E-state index in [0.717, 1.165) is 106 Å². The van der Waals surface area contributed by atoms with E-state index in [0.29, 0.717) is 0 Å². The molecular weight excluding hydrogens is 522 g/mol. The molecule has 0 radical (unpaired) electrons. The van der Waals surface area contributed by atoms with Crippen LogP contribution in [0.4, 0.5) is 22.5 Å². The van der Waals surface area contributed by atoms with E-state index in [-0.39, 0.29) is 0 Å². The molecule has 0 saturated carbocycles. The first-order valence-corrected chi connectivity index (χ1v) is 15.4. The van der Waals surface area contributed by atoms with E-state index in [1.54, 1.807) is 11.3 Å². The second kappa shape index (κ2) is 13.2. The SMILES string of the molecule is CN1CCN(c2cc(N3CCN(CCCN4CCOCC4)CC3)cc(Nc3ncc(-c4ccncc4)s3)n2)CC1. The smallest absolute Gasteiger partial charge is 0.188 e. The molecule has 0 spiro atoms. The Morgan fingerprint density at radius 2 is 1.55 bits per heavy atom. The Morgan fingerprint density at radius 1 is 0.850 bits per heavy atom. The maximum Gasteiger partial charge on any atom is 0.188 e. The molecule has 6 rings (SSSR count). The Balaban J connectivity index is 1.12. The van der Waals surface area contributed by atoms with Gasteiger partial charge in [-0.2, -0.15) is 0 Å². The average molecular weight is 564 g/mol. The van der Waals surface area contributed by atoms with Crippen molar-refractivity contribution in [1.82, 2.24) is 29.7 Å². The molecule has 6 heterocycles. The number of rotatable bonds is 9. The molecule has 3 fully saturated rings. The minimum absolute atomic E-state index is 0.853. The molecular formula is C29H41N9OS. The summed E-state index contributed by atoms with van der Waals surface area (Å²) in [7, 11) is 2.19. The Bertz CT molecular complexity index is 1200. The van der Waals surface area contributed by atoms with Gasteiger partial charge in [0.15, 0.2) is 5.13 Å². The highest BCUT2D eigenvalue weighted by molar-refractivity contribution is 7.18. The number of nitrogens with one attached hydrogen (secondary N) is 1. The molecule has 0 aliphatic carbocycles. The predicted molar refractivity (Wildman–Crippen MR) is 163 cm³/mol. The third-order valence-corrected chi connectivity index (χ3v) is 9.08. The molecule has 1 N–H and O–H groups in total. The predicted octanol–water partition coefficient (Wildman–Crippen LogP) is 2.94. The number of nitrogens with zero attached hydrogens (tertiary/aromatic N) is 8. The van der Waals surface area contributed by atoms with Crippen molar-refractivity contribution in [3.63, 3.8) is 0 Å². The number of pyridine rings is 2. The molecule has 3 aliphatic heterocycles. The molecule has 11 heteroatoms. The summed E-state index contributed by atoms with van der Waals surface area (Å²) in [4.78, 5) is 27.4. The summed E-state index contributed by atoms with van der Waals surface area (Å²) in [5.74, 6) is 1.90. The summed E-state index contributed by atoms with van der Waals surface area (Å²) in [5, 5.41) is 4.38. The minimum Gasteiger partial charge on any atom is -0.379 e. The quantitative estimate of drug-likeness (QED) is 0.420. The fraction of sp³-hybridized carbons (Fsp3) is 0.552. The Morgan fingerprint density at radius 3 is 2.30 bits per heavy atom. The van der Waals surface area contributed by atoms with Gasteiger partial charge in [-0.25, -0.2) is 9.97 Å². The van der Waals surface area contributed by atoms with Gasteiger partial charge in [-0.15, -0.1) is 0 Å². The lowest BCUT2D eigenvalue weighted by molar-refractivity contribution is 0.0360. The highest BCUT2D eigenvalue weighted by Crippen LogP contribution is 2.32. The fourth-order valence-corrected chi connectivity index (χ4v) is 6.44. The largest absolute Gasteiger partial charge is 0.379 e. The van der Waals surface area contributed by atoms with E-state index < -0.39 is 0 Å². The maximum absolute atomic E-state index is 5.49. The first-order chi connectivity index (χ1) is 19.7. The van der Waals surface area contributed by atoms with E-state index in [9.17, 15) is 0 Å². The van der Waals surface area contributed by atoms with Gasteiger partial charge in [0.05, 0.1) is 18.1 Å². The van der Waals surface area contributed by atoms with Crippen LogP contribution in [0.25, 0.3) is 10.4 Å². The molecule has 0 atom stereocenters. The van der Waals surface area contributed by atoms with Gasteiger partial charge in [0, 0.05) is 102 Å². The normalized spacial score (nSPS) is 19.7. The summed E-state index contributed by atoms with van der Waals surface area (Å²) in [5.41, 5.74) is 2.37. The number of likely N-dealkylation sites (N-methyl/N-ethyl adjacent to an activating group) is 1. The lowest BCUT2D eigenvalue weighted by Crippen LogP contribution is -2.47. The van der Waals surface area contributed by atoms with Crippen LogP contribution in [0.15, 0.2) is 42.9 Å². The lowest BCUT2D eigenvalue weighted by atomic mass is 10.2. The Hall–Kier alpha value is -2.83. The molecule has 0 amide bonds. The van der Waals surface area contributed by atoms with Crippen molar-refractivity contribution in [3.05, 3.63) is 42.9 Å². The van der Waals surface area contributed by atoms with E-state index in [2.05, 4.69) is 59.0 Å². The van der Waals surface area contributed by atoms with Gasteiger partial charge in [-0.3, -0.25) is 14.8 Å². The van der Waals surface area contributed by atoms with Crippen molar-refractivity contribution >= 4 is 33.8 Å². The van der Waals surface area contributed by atoms with Crippen LogP contribution in [0.3, 0.4) is 0 Å². The molecule has 3 aromatic rings. The zero-order chi connectivity index (χ0) is 27.1. The number of piperazine rings is 2. The first kappa shape index (κ1) is 27.3. The second-order valence-electron chi connectivity index (χ2n) is 10.9. The van der Waals surface area contributed by atoms with E-state index in [1.165, 1.54) is 25.2 Å². The minimum atomic E-state index is 0.853. The van der Waals surface area contributed by atoms with Gasteiger partial charge in [0.25, 0.3) is 0 Å². The molecule has 214 valence electrons. The molecule has 40 heavy (non-hydrogen) atoms. The van der Waals surface area contributed by atoms with Crippen LogP contribution in [-0.2, 0) is 4.74 Å². The van der Waals surface area contributed by atoms with Crippen molar-refractivity contribution in [2.24, 2.45) is 0 Å². The third-order valence-electron chi connectivity index (χ3n) is 8.12. The number of ether oxygens (including phenoxy) is 1. The summed E-state index contributed by atoms with van der Waals surface area (Å²) in [6, 6.07) is 8.52. The topological polar surface area (TPSA) is 76.1 Å². The molecule has 0 unspecified atom stereocenters. The molecule has 0 bridgehead atoms. The molecule has 10 nitrogen and oxygen atoms in total. The average Bonchev–Trinajstić information content (AvgIpc) is 3.47. The van der Waals surface area contributed by atoms with E-state index >= 15 is 0 Å². The van der Waals surface area contributed by atoms with Gasteiger partial charge in [0.2, 0.25) is 0 Å². The monoisotopic (exact) mass is 563 g/mol. The third kappa shape index (κ3) is 7.08. The number of aromatic nitrogens is 3. The Kier molecular flexibility index (Phi) is 9.04. The fourth-order valence-electron chi connectivity index (χ4n) is 5.61. The van der Waals surface area contributed by atoms with Crippen LogP contribution >= 0.6 is 11.3 Å². The number of hydrogen-bond donors (Lipinski definition) is 1. The zero-order valence-electron chi connectivity index (χ0n) is 23.5. The Labute approximate surface area is 241 Å². The van der Waals surface area contributed by atoms with Gasteiger partial charge >= 0.3 is 0 Å². The summed E-state index contributed by atoms with van der Waals surface area (Å²) in [6.45, 7) is 14.6. The summed E-state index contributed by atoms with van der Waals surface area (Å²) in [6.07, 6.45) is 6.79. The highest BCUT2D eigenvalue weighted by atomic mass is 32.1. The second-order valence-corrected chi connectivity index (χ2v) is 11.9. The van der Waals surface area contributed by atoms with Crippen LogP contribution in [0.1, 0.15) is 6.42 Å². The number of morpholine rings is 1. The van der Waals surface area contributed by atoms with Gasteiger partial charge in [-0.05, 0) is 44.3 Å². The van der Waals surface area contributed by atoms with Crippen LogP contribution < -0.4 is 15.1 Å². The molecule has 3 saturated heterocycles. The van der Waals surface area contributed by atoms with Crippen molar-refractivity contribution in [1.29, 1.82) is 0 Å². The van der Waals surface area contributed by atoms with E-state index in [4.69, 9.17) is 9.72 Å². The van der Waals surface area contributed by atoms with Crippen LogP contribution in [0.2, 0.25) is 0 Å². The number of hydrogen-bond acceptors (Lipinski definition) is 11. The molecule has 0 aromatic carbocycles. The van der Waals surface area contributed by atoms with Crippen molar-refractivity contribution in [3.8, 4) is 10.4 Å². The summed E-state index contributed by atoms with van der Waals surface area (Å²) < 4.78 is 5.49. The van der Waals surface area contributed by atoms with Gasteiger partial charge < -0.3 is 24.8 Å². The molecule has 3 aromatic heterocycles. The zero-order valence-corrected chi connectivity index (χ0v) is 24.4. The molecule has 3 aliphatic rings. The number of thiazole rings is 1. The lowest BCUT2D eigenvalue weighted by Gasteiger charge is -2.38. The highest BCUT2D eigenvalue weighted by Gasteiger charge is 2.22. The van der Waals surface area contributed by atoms with Gasteiger partial charge in [-0.1, -0.05) is 11.3 Å². The van der Waals surface area contributed by atoms with Crippen molar-refractivity contribution in [2.75, 3.05) is 114 Å². The summed E-state index contributed by atoms with van der Waals surface area (Å²) >= 11 is 1.64. The van der Waals surface area contributed by atoms with E-state index in [1.807, 2.05) is 30.7 Å². The van der Waals surface area contributed by atoms with Crippen molar-refractivity contribution < 1.29 is 4.74 Å². The van der Waals surface area contributed by atoms with Crippen molar-refractivity contribution in [2.45, 2.75) is 6.42 Å².